The molecular formula is C33H25FN4O5S2. The summed E-state index contributed by atoms with van der Waals surface area (Å²) >= 11 is 1.04. The molecule has 0 atom stereocenters. The van der Waals surface area contributed by atoms with Crippen molar-refractivity contribution in [1.29, 1.82) is 0 Å². The minimum Gasteiger partial charge on any atom is -0.463 e. The van der Waals surface area contributed by atoms with Crippen LogP contribution in [0.4, 0.5) is 9.52 Å². The maximum absolute atomic E-state index is 13.9. The summed E-state index contributed by atoms with van der Waals surface area (Å²) in [5, 5.41) is 5.78. The highest BCUT2D eigenvalue weighted by molar-refractivity contribution is 7.89. The number of para-hydroxylation sites is 1. The number of fused-ring (bicyclic) bond motifs is 2. The van der Waals surface area contributed by atoms with Gasteiger partial charge >= 0.3 is 0 Å². The second-order valence-corrected chi connectivity index (χ2v) is 12.9. The molecule has 0 saturated carbocycles. The lowest BCUT2D eigenvalue weighted by atomic mass is 10.2. The van der Waals surface area contributed by atoms with Gasteiger partial charge < -0.3 is 4.42 Å². The van der Waals surface area contributed by atoms with Crippen molar-refractivity contribution in [2.75, 3.05) is 11.6 Å². The smallest absolute Gasteiger partial charge is 0.280 e. The fraction of sp³-hybridized carbons (Fsp3) is 0.0909. The van der Waals surface area contributed by atoms with Gasteiger partial charge in [-0.3, -0.25) is 9.59 Å². The summed E-state index contributed by atoms with van der Waals surface area (Å²) in [7, 11) is -3.87. The number of halogens is 1. The van der Waals surface area contributed by atoms with E-state index in [1.165, 1.54) is 59.2 Å². The zero-order valence-electron chi connectivity index (χ0n) is 23.8. The number of thiazole rings is 1. The number of benzene rings is 4. The molecule has 9 nitrogen and oxygen atoms in total. The number of hydrazone groups is 1. The van der Waals surface area contributed by atoms with Gasteiger partial charge in [0.2, 0.25) is 20.6 Å². The van der Waals surface area contributed by atoms with Crippen molar-refractivity contribution in [3.05, 3.63) is 136 Å². The highest BCUT2D eigenvalue weighted by Gasteiger charge is 2.26. The first kappa shape index (κ1) is 30.0. The van der Waals surface area contributed by atoms with E-state index in [0.29, 0.717) is 21.2 Å². The fourth-order valence-corrected chi connectivity index (χ4v) is 7.05. The van der Waals surface area contributed by atoms with Gasteiger partial charge in [-0.15, -0.1) is 0 Å². The fourth-order valence-electron chi connectivity index (χ4n) is 4.66. The molecule has 226 valence electrons. The first-order valence-corrected chi connectivity index (χ1v) is 16.1. The average Bonchev–Trinajstić information content (AvgIpc) is 3.48. The number of hydrogen-bond donors (Lipinski definition) is 0. The van der Waals surface area contributed by atoms with Crippen molar-refractivity contribution in [3.63, 3.8) is 0 Å². The summed E-state index contributed by atoms with van der Waals surface area (Å²) in [4.78, 5) is 31.4. The molecule has 0 aliphatic rings. The molecule has 0 unspecified atom stereocenters. The summed E-state index contributed by atoms with van der Waals surface area (Å²) in [5.41, 5.74) is 1.58. The van der Waals surface area contributed by atoms with E-state index in [4.69, 9.17) is 4.42 Å². The van der Waals surface area contributed by atoms with Crippen LogP contribution in [0.2, 0.25) is 0 Å². The minimum absolute atomic E-state index is 0.0242. The summed E-state index contributed by atoms with van der Waals surface area (Å²) < 4.78 is 48.2. The Morgan fingerprint density at radius 3 is 2.49 bits per heavy atom. The first-order valence-electron chi connectivity index (χ1n) is 13.8. The maximum Gasteiger partial charge on any atom is 0.280 e. The Bertz CT molecular complexity index is 2220. The van der Waals surface area contributed by atoms with E-state index in [1.807, 2.05) is 30.3 Å². The van der Waals surface area contributed by atoms with Crippen molar-refractivity contribution in [1.82, 2.24) is 9.29 Å². The van der Waals surface area contributed by atoms with E-state index < -0.39 is 21.7 Å². The monoisotopic (exact) mass is 640 g/mol. The number of nitrogens with zero attached hydrogens (tertiary/aromatic N) is 4. The summed E-state index contributed by atoms with van der Waals surface area (Å²) in [6, 6.07) is 25.6. The Kier molecular flexibility index (Phi) is 8.35. The van der Waals surface area contributed by atoms with Gasteiger partial charge in [0.05, 0.1) is 32.3 Å². The zero-order chi connectivity index (χ0) is 31.6. The molecule has 6 rings (SSSR count). The number of carbonyl (C=O) groups excluding carboxylic acids is 1. The Balaban J connectivity index is 1.34. The molecule has 4 aromatic carbocycles. The van der Waals surface area contributed by atoms with E-state index in [-0.39, 0.29) is 39.7 Å². The standard InChI is InChI=1S/C33H25FN4O5S2/c1-2-37(20-22-8-4-3-5-9-22)45(41,42)26-15-12-23(13-16-26)32(40)38(33-36-28-17-14-25(34)18-30(28)44-33)35-19-24-21-43-29-11-7-6-10-27(29)31(24)39/h3-19,21H,2,20H2,1H3/b35-19+. The van der Waals surface area contributed by atoms with Gasteiger partial charge in [-0.2, -0.15) is 14.4 Å². The van der Waals surface area contributed by atoms with Crippen LogP contribution in [0.5, 0.6) is 0 Å². The third kappa shape index (κ3) is 6.16. The highest BCUT2D eigenvalue weighted by Crippen LogP contribution is 2.31. The van der Waals surface area contributed by atoms with Crippen LogP contribution in [0.25, 0.3) is 21.2 Å². The molecule has 0 N–H and O–H groups in total. The van der Waals surface area contributed by atoms with Crippen LogP contribution in [0.3, 0.4) is 0 Å². The summed E-state index contributed by atoms with van der Waals surface area (Å²) in [6.07, 6.45) is 2.45. The quantitative estimate of drug-likeness (QED) is 0.133. The van der Waals surface area contributed by atoms with Gasteiger partial charge in [0.1, 0.15) is 17.7 Å². The molecular weight excluding hydrogens is 616 g/mol. The molecule has 0 saturated heterocycles. The SMILES string of the molecule is CCN(Cc1ccccc1)S(=O)(=O)c1ccc(C(=O)N(/N=C/c2coc3ccccc3c2=O)c2nc3ccc(F)cc3s2)cc1. The molecule has 2 heterocycles. The molecule has 0 fully saturated rings. The largest absolute Gasteiger partial charge is 0.463 e. The third-order valence-corrected chi connectivity index (χ3v) is 9.95. The van der Waals surface area contributed by atoms with Crippen LogP contribution < -0.4 is 10.4 Å². The second kappa shape index (κ2) is 12.5. The Labute approximate surface area is 261 Å². The van der Waals surface area contributed by atoms with Gasteiger partial charge in [-0.25, -0.2) is 17.8 Å². The average molecular weight is 641 g/mol. The maximum atomic E-state index is 13.9. The van der Waals surface area contributed by atoms with Gasteiger partial charge in [-0.1, -0.05) is 60.7 Å². The Hall–Kier alpha value is -5.04. The number of anilines is 1. The number of amides is 1. The van der Waals surface area contributed by atoms with Crippen LogP contribution in [-0.2, 0) is 16.6 Å². The van der Waals surface area contributed by atoms with E-state index in [0.717, 1.165) is 21.9 Å². The molecule has 0 aliphatic heterocycles. The number of rotatable bonds is 9. The van der Waals surface area contributed by atoms with Crippen molar-refractivity contribution in [3.8, 4) is 0 Å². The molecule has 45 heavy (non-hydrogen) atoms. The van der Waals surface area contributed by atoms with Gasteiger partial charge in [-0.05, 0) is 60.2 Å². The lowest BCUT2D eigenvalue weighted by Gasteiger charge is -2.21. The lowest BCUT2D eigenvalue weighted by Crippen LogP contribution is -2.30. The Morgan fingerprint density at radius 2 is 1.73 bits per heavy atom. The van der Waals surface area contributed by atoms with E-state index >= 15 is 0 Å². The van der Waals surface area contributed by atoms with Gasteiger partial charge in [0.25, 0.3) is 5.91 Å². The molecule has 0 aliphatic carbocycles. The summed E-state index contributed by atoms with van der Waals surface area (Å²) in [5.74, 6) is -1.10. The number of aromatic nitrogens is 1. The highest BCUT2D eigenvalue weighted by atomic mass is 32.2. The predicted molar refractivity (Wildman–Crippen MR) is 173 cm³/mol. The lowest BCUT2D eigenvalue weighted by molar-refractivity contribution is 0.0987. The molecule has 0 radical (unpaired) electrons. The van der Waals surface area contributed by atoms with E-state index in [2.05, 4.69) is 10.1 Å². The zero-order valence-corrected chi connectivity index (χ0v) is 25.5. The predicted octanol–water partition coefficient (Wildman–Crippen LogP) is 6.43. The normalized spacial score (nSPS) is 12.0. The van der Waals surface area contributed by atoms with Crippen LogP contribution in [0.15, 0.2) is 123 Å². The van der Waals surface area contributed by atoms with Crippen molar-refractivity contribution < 1.29 is 22.0 Å². The topological polar surface area (TPSA) is 113 Å². The molecule has 0 bridgehead atoms. The molecule has 6 aromatic rings. The second-order valence-electron chi connectivity index (χ2n) is 9.93. The number of hydrogen-bond acceptors (Lipinski definition) is 8. The van der Waals surface area contributed by atoms with Crippen molar-refractivity contribution >= 4 is 59.8 Å². The molecule has 1 amide bonds. The van der Waals surface area contributed by atoms with Crippen molar-refractivity contribution in [2.24, 2.45) is 5.10 Å². The summed E-state index contributed by atoms with van der Waals surface area (Å²) in [6.45, 7) is 2.21. The number of sulfonamides is 1. The molecule has 2 aromatic heterocycles. The minimum atomic E-state index is -3.87. The van der Waals surface area contributed by atoms with Crippen LogP contribution >= 0.6 is 11.3 Å². The van der Waals surface area contributed by atoms with Crippen LogP contribution in [0.1, 0.15) is 28.4 Å². The van der Waals surface area contributed by atoms with E-state index in [1.54, 1.807) is 31.2 Å². The van der Waals surface area contributed by atoms with Crippen molar-refractivity contribution in [2.45, 2.75) is 18.4 Å². The Morgan fingerprint density at radius 1 is 1.00 bits per heavy atom. The first-order chi connectivity index (χ1) is 21.7. The molecule has 12 heteroatoms. The van der Waals surface area contributed by atoms with Crippen LogP contribution in [0, 0.1) is 5.82 Å². The van der Waals surface area contributed by atoms with Gasteiger partial charge in [0, 0.05) is 18.7 Å². The third-order valence-electron chi connectivity index (χ3n) is 7.03. The van der Waals surface area contributed by atoms with E-state index in [9.17, 15) is 22.4 Å². The molecule has 0 spiro atoms. The van der Waals surface area contributed by atoms with Gasteiger partial charge in [0.15, 0.2) is 0 Å². The number of carbonyl (C=O) groups is 1. The van der Waals surface area contributed by atoms with Crippen LogP contribution in [-0.4, -0.2) is 36.4 Å².